The molecule has 0 heterocycles. The number of hydrogen-bond donors (Lipinski definition) is 0. The summed E-state index contributed by atoms with van der Waals surface area (Å²) in [5.41, 5.74) is 0. The number of hydrogen-bond acceptors (Lipinski definition) is 6. The molecule has 0 aliphatic carbocycles. The Bertz CT molecular complexity index is 550. The monoisotopic (exact) mass is 370 g/mol. The van der Waals surface area contributed by atoms with Crippen molar-refractivity contribution in [3.8, 4) is 5.75 Å². The fourth-order valence-electron chi connectivity index (χ4n) is 1.29. The first-order chi connectivity index (χ1) is 10.5. The summed E-state index contributed by atoms with van der Waals surface area (Å²) in [6.07, 6.45) is 1.82. The summed E-state index contributed by atoms with van der Waals surface area (Å²) < 4.78 is 15.3. The second-order valence-electron chi connectivity index (χ2n) is 3.93. The Morgan fingerprint density at radius 1 is 1.05 bits per heavy atom. The highest BCUT2D eigenvalue weighted by atomic mass is 79.9. The highest BCUT2D eigenvalue weighted by Gasteiger charge is 2.07. The lowest BCUT2D eigenvalue weighted by Crippen LogP contribution is -2.13. The van der Waals surface area contributed by atoms with Crippen LogP contribution >= 0.6 is 15.9 Å². The van der Waals surface area contributed by atoms with Crippen LogP contribution in [0, 0.1) is 0 Å². The minimum Gasteiger partial charge on any atom is -0.463 e. The number of carbonyl (C=O) groups excluding carboxylic acids is 3. The van der Waals surface area contributed by atoms with E-state index in [1.807, 2.05) is 0 Å². The van der Waals surface area contributed by atoms with Crippen molar-refractivity contribution in [1.82, 2.24) is 0 Å². The van der Waals surface area contributed by atoms with Crippen molar-refractivity contribution in [2.24, 2.45) is 0 Å². The lowest BCUT2D eigenvalue weighted by atomic mass is 10.3. The van der Waals surface area contributed by atoms with Gasteiger partial charge in [0.15, 0.2) is 0 Å². The van der Waals surface area contributed by atoms with E-state index in [-0.39, 0.29) is 19.6 Å². The van der Waals surface area contributed by atoms with Gasteiger partial charge < -0.3 is 14.2 Å². The molecule has 0 aliphatic rings. The maximum absolute atomic E-state index is 11.5. The van der Waals surface area contributed by atoms with Gasteiger partial charge in [0.2, 0.25) is 0 Å². The number of ether oxygens (including phenoxy) is 3. The van der Waals surface area contributed by atoms with Gasteiger partial charge in [0, 0.05) is 16.6 Å². The second kappa shape index (κ2) is 9.73. The third-order valence-corrected chi connectivity index (χ3v) is 2.77. The van der Waals surface area contributed by atoms with Gasteiger partial charge >= 0.3 is 17.9 Å². The SMILES string of the molecule is CCOC(=O)/C=C/C(=O)OCCC(=O)Oc1ccc(Br)cc1. The molecule has 1 aromatic carbocycles. The van der Waals surface area contributed by atoms with Gasteiger partial charge in [-0.05, 0) is 31.2 Å². The van der Waals surface area contributed by atoms with Gasteiger partial charge in [-0.3, -0.25) is 4.79 Å². The molecule has 0 aromatic heterocycles. The molecule has 22 heavy (non-hydrogen) atoms. The Hall–Kier alpha value is -2.15. The molecule has 0 fully saturated rings. The van der Waals surface area contributed by atoms with Gasteiger partial charge in [-0.1, -0.05) is 15.9 Å². The van der Waals surface area contributed by atoms with Crippen LogP contribution in [-0.4, -0.2) is 31.1 Å². The zero-order valence-corrected chi connectivity index (χ0v) is 13.5. The van der Waals surface area contributed by atoms with Crippen LogP contribution in [0.1, 0.15) is 13.3 Å². The van der Waals surface area contributed by atoms with Gasteiger partial charge in [-0.2, -0.15) is 0 Å². The third-order valence-electron chi connectivity index (χ3n) is 2.24. The highest BCUT2D eigenvalue weighted by Crippen LogP contribution is 2.16. The molecular weight excluding hydrogens is 356 g/mol. The van der Waals surface area contributed by atoms with Crippen molar-refractivity contribution in [3.05, 3.63) is 40.9 Å². The molecule has 0 amide bonds. The summed E-state index contributed by atoms with van der Waals surface area (Å²) in [5, 5.41) is 0. The first kappa shape index (κ1) is 17.9. The summed E-state index contributed by atoms with van der Waals surface area (Å²) in [4.78, 5) is 33.7. The molecule has 0 atom stereocenters. The quantitative estimate of drug-likeness (QED) is 0.416. The van der Waals surface area contributed by atoms with Crippen LogP contribution in [0.2, 0.25) is 0 Å². The van der Waals surface area contributed by atoms with Gasteiger partial charge in [0.1, 0.15) is 12.4 Å². The molecule has 0 aliphatic heterocycles. The number of carbonyl (C=O) groups is 3. The number of rotatable bonds is 7. The first-order valence-corrected chi connectivity index (χ1v) is 7.28. The summed E-state index contributed by atoms with van der Waals surface area (Å²) >= 11 is 3.27. The summed E-state index contributed by atoms with van der Waals surface area (Å²) in [7, 11) is 0. The molecule has 0 bridgehead atoms. The van der Waals surface area contributed by atoms with E-state index in [2.05, 4.69) is 20.7 Å². The van der Waals surface area contributed by atoms with E-state index in [1.165, 1.54) is 0 Å². The Morgan fingerprint density at radius 2 is 1.64 bits per heavy atom. The van der Waals surface area contributed by atoms with Crippen LogP contribution in [0.15, 0.2) is 40.9 Å². The molecule has 118 valence electrons. The summed E-state index contributed by atoms with van der Waals surface area (Å²) in [6.45, 7) is 1.74. The lowest BCUT2D eigenvalue weighted by Gasteiger charge is -2.04. The van der Waals surface area contributed by atoms with Crippen molar-refractivity contribution in [3.63, 3.8) is 0 Å². The molecule has 0 radical (unpaired) electrons. The topological polar surface area (TPSA) is 78.9 Å². The maximum Gasteiger partial charge on any atom is 0.331 e. The van der Waals surface area contributed by atoms with Gasteiger partial charge in [0.25, 0.3) is 0 Å². The van der Waals surface area contributed by atoms with Crippen LogP contribution in [0.25, 0.3) is 0 Å². The van der Waals surface area contributed by atoms with Crippen LogP contribution in [0.5, 0.6) is 5.75 Å². The Kier molecular flexibility index (Phi) is 7.91. The maximum atomic E-state index is 11.5. The Labute approximate surface area is 136 Å². The predicted octanol–water partition coefficient (Wildman–Crippen LogP) is 2.41. The largest absolute Gasteiger partial charge is 0.463 e. The molecule has 0 spiro atoms. The van der Waals surface area contributed by atoms with Gasteiger partial charge in [-0.15, -0.1) is 0 Å². The standard InChI is InChI=1S/C15H15BrO6/c1-2-20-13(17)7-8-14(18)21-10-9-15(19)22-12-5-3-11(16)4-6-12/h3-8H,2,9-10H2,1H3/b8-7+. The molecule has 7 heteroatoms. The van der Waals surface area contributed by atoms with E-state index in [0.29, 0.717) is 5.75 Å². The smallest absolute Gasteiger partial charge is 0.331 e. The van der Waals surface area contributed by atoms with Crippen molar-refractivity contribution in [2.75, 3.05) is 13.2 Å². The van der Waals surface area contributed by atoms with E-state index in [9.17, 15) is 14.4 Å². The summed E-state index contributed by atoms with van der Waals surface area (Å²) in [5.74, 6) is -1.48. The molecule has 0 saturated carbocycles. The molecule has 0 N–H and O–H groups in total. The predicted molar refractivity (Wildman–Crippen MR) is 81.1 cm³/mol. The highest BCUT2D eigenvalue weighted by molar-refractivity contribution is 9.10. The summed E-state index contributed by atoms with van der Waals surface area (Å²) in [6, 6.07) is 6.75. The fraction of sp³-hybridized carbons (Fsp3) is 0.267. The minimum atomic E-state index is -0.732. The van der Waals surface area contributed by atoms with Gasteiger partial charge in [-0.25, -0.2) is 9.59 Å². The first-order valence-electron chi connectivity index (χ1n) is 6.49. The van der Waals surface area contributed by atoms with Gasteiger partial charge in [0.05, 0.1) is 13.0 Å². The Morgan fingerprint density at radius 3 is 2.23 bits per heavy atom. The fourth-order valence-corrected chi connectivity index (χ4v) is 1.56. The molecular formula is C15H15BrO6. The van der Waals surface area contributed by atoms with Crippen LogP contribution in [0.3, 0.4) is 0 Å². The molecule has 1 aromatic rings. The molecule has 0 unspecified atom stereocenters. The van der Waals surface area contributed by atoms with Crippen molar-refractivity contribution in [1.29, 1.82) is 0 Å². The minimum absolute atomic E-state index is 0.0882. The molecule has 0 saturated heterocycles. The zero-order valence-electron chi connectivity index (χ0n) is 11.9. The van der Waals surface area contributed by atoms with E-state index in [1.54, 1.807) is 31.2 Å². The van der Waals surface area contributed by atoms with Crippen molar-refractivity contribution < 1.29 is 28.6 Å². The van der Waals surface area contributed by atoms with Crippen LogP contribution in [0.4, 0.5) is 0 Å². The average molecular weight is 371 g/mol. The van der Waals surface area contributed by atoms with Crippen molar-refractivity contribution in [2.45, 2.75) is 13.3 Å². The van der Waals surface area contributed by atoms with E-state index in [0.717, 1.165) is 16.6 Å². The number of benzene rings is 1. The second-order valence-corrected chi connectivity index (χ2v) is 4.85. The van der Waals surface area contributed by atoms with Crippen LogP contribution in [-0.2, 0) is 23.9 Å². The van der Waals surface area contributed by atoms with E-state index in [4.69, 9.17) is 9.47 Å². The molecule has 6 nitrogen and oxygen atoms in total. The number of esters is 3. The van der Waals surface area contributed by atoms with Crippen molar-refractivity contribution >= 4 is 33.8 Å². The normalized spacial score (nSPS) is 10.3. The van der Waals surface area contributed by atoms with Crippen LogP contribution < -0.4 is 4.74 Å². The van der Waals surface area contributed by atoms with E-state index >= 15 is 0 Å². The van der Waals surface area contributed by atoms with E-state index < -0.39 is 17.9 Å². The lowest BCUT2D eigenvalue weighted by molar-refractivity contribution is -0.142. The Balaban J connectivity index is 2.25. The molecule has 1 rings (SSSR count). The zero-order chi connectivity index (χ0) is 16.4. The third kappa shape index (κ3) is 7.58. The number of halogens is 1. The average Bonchev–Trinajstić information content (AvgIpc) is 2.48.